The first-order valence-corrected chi connectivity index (χ1v) is 10.6. The van der Waals surface area contributed by atoms with Crippen LogP contribution in [0.1, 0.15) is 11.3 Å². The summed E-state index contributed by atoms with van der Waals surface area (Å²) >= 11 is 1.44. The normalized spacial score (nSPS) is 11.5. The van der Waals surface area contributed by atoms with Crippen LogP contribution in [0.3, 0.4) is 0 Å². The first-order valence-electron chi connectivity index (χ1n) is 8.24. The van der Waals surface area contributed by atoms with Crippen molar-refractivity contribution in [3.8, 4) is 16.3 Å². The lowest BCUT2D eigenvalue weighted by Gasteiger charge is -2.09. The van der Waals surface area contributed by atoms with Crippen LogP contribution in [0.5, 0.6) is 5.75 Å². The molecular formula is C19H19FN2O3S2. The summed E-state index contributed by atoms with van der Waals surface area (Å²) in [5, 5.41) is 2.66. The van der Waals surface area contributed by atoms with Gasteiger partial charge in [0, 0.05) is 23.9 Å². The molecule has 2 aromatic carbocycles. The number of hydrogen-bond donors (Lipinski definition) is 1. The molecule has 27 heavy (non-hydrogen) atoms. The van der Waals surface area contributed by atoms with Gasteiger partial charge in [0.1, 0.15) is 16.6 Å². The van der Waals surface area contributed by atoms with E-state index in [1.54, 1.807) is 38.3 Å². The van der Waals surface area contributed by atoms with Gasteiger partial charge in [-0.3, -0.25) is 0 Å². The Labute approximate surface area is 161 Å². The molecule has 0 spiro atoms. The van der Waals surface area contributed by atoms with Crippen molar-refractivity contribution in [3.05, 3.63) is 64.9 Å². The zero-order valence-corrected chi connectivity index (χ0v) is 16.5. The van der Waals surface area contributed by atoms with Crippen LogP contribution in [0, 0.1) is 12.7 Å². The van der Waals surface area contributed by atoms with E-state index in [9.17, 15) is 12.8 Å². The molecule has 0 saturated carbocycles. The lowest BCUT2D eigenvalue weighted by molar-refractivity contribution is 0.411. The van der Waals surface area contributed by atoms with Gasteiger partial charge in [0.2, 0.25) is 10.0 Å². The molecule has 0 aliphatic heterocycles. The van der Waals surface area contributed by atoms with Crippen molar-refractivity contribution < 1.29 is 17.5 Å². The summed E-state index contributed by atoms with van der Waals surface area (Å²) in [5.74, 6) is 0.350. The Bertz CT molecular complexity index is 1030. The molecule has 0 fully saturated rings. The molecule has 0 aliphatic rings. The summed E-state index contributed by atoms with van der Waals surface area (Å²) < 4.78 is 45.6. The van der Waals surface area contributed by atoms with Gasteiger partial charge in [-0.25, -0.2) is 22.5 Å². The van der Waals surface area contributed by atoms with Crippen LogP contribution in [0.4, 0.5) is 4.39 Å². The minimum absolute atomic E-state index is 0.200. The van der Waals surface area contributed by atoms with Crippen molar-refractivity contribution >= 4 is 21.4 Å². The highest BCUT2D eigenvalue weighted by Crippen LogP contribution is 2.24. The average molecular weight is 407 g/mol. The third-order valence-corrected chi connectivity index (χ3v) is 6.39. The molecule has 1 aromatic heterocycles. The third kappa shape index (κ3) is 4.71. The molecule has 0 aliphatic carbocycles. The van der Waals surface area contributed by atoms with Gasteiger partial charge in [0.25, 0.3) is 0 Å². The Morgan fingerprint density at radius 1 is 1.19 bits per heavy atom. The fraction of sp³-hybridized carbons (Fsp3) is 0.211. The number of hydrogen-bond acceptors (Lipinski definition) is 5. The minimum Gasteiger partial charge on any atom is -0.496 e. The van der Waals surface area contributed by atoms with Crippen molar-refractivity contribution in [2.45, 2.75) is 18.2 Å². The van der Waals surface area contributed by atoms with E-state index in [2.05, 4.69) is 9.71 Å². The lowest BCUT2D eigenvalue weighted by atomic mass is 10.2. The monoisotopic (exact) mass is 406 g/mol. The van der Waals surface area contributed by atoms with E-state index >= 15 is 0 Å². The van der Waals surface area contributed by atoms with Gasteiger partial charge in [0.05, 0.1) is 17.7 Å². The van der Waals surface area contributed by atoms with Crippen LogP contribution >= 0.6 is 11.3 Å². The molecule has 0 amide bonds. The molecule has 3 rings (SSSR count). The molecule has 0 unspecified atom stereocenters. The summed E-state index contributed by atoms with van der Waals surface area (Å²) in [6.07, 6.45) is 0.464. The minimum atomic E-state index is -3.60. The van der Waals surface area contributed by atoms with Gasteiger partial charge in [-0.2, -0.15) is 0 Å². The van der Waals surface area contributed by atoms with Gasteiger partial charge >= 0.3 is 0 Å². The van der Waals surface area contributed by atoms with E-state index in [0.29, 0.717) is 12.2 Å². The van der Waals surface area contributed by atoms with Gasteiger partial charge in [0.15, 0.2) is 0 Å². The standard InChI is InChI=1S/C19H19FN2O3S2/c1-13-11-17(7-8-18(13)25-2)27(23,24)21-10-9-16-12-26-19(22-16)14-3-5-15(20)6-4-14/h3-8,11-12,21H,9-10H2,1-2H3. The number of nitrogens with one attached hydrogen (secondary N) is 1. The highest BCUT2D eigenvalue weighted by atomic mass is 32.2. The molecule has 0 atom stereocenters. The van der Waals surface area contributed by atoms with Crippen molar-refractivity contribution in [2.24, 2.45) is 0 Å². The summed E-state index contributed by atoms with van der Waals surface area (Å²) in [6, 6.07) is 10.9. The topological polar surface area (TPSA) is 68.3 Å². The molecule has 8 heteroatoms. The molecule has 0 saturated heterocycles. The van der Waals surface area contributed by atoms with Crippen molar-refractivity contribution in [1.82, 2.24) is 9.71 Å². The van der Waals surface area contributed by atoms with Gasteiger partial charge in [-0.15, -0.1) is 11.3 Å². The quantitative estimate of drug-likeness (QED) is 0.648. The highest BCUT2D eigenvalue weighted by Gasteiger charge is 2.15. The van der Waals surface area contributed by atoms with E-state index in [-0.39, 0.29) is 17.3 Å². The van der Waals surface area contributed by atoms with E-state index in [1.807, 2.05) is 5.38 Å². The Balaban J connectivity index is 1.62. The van der Waals surface area contributed by atoms with E-state index in [0.717, 1.165) is 21.8 Å². The molecular weight excluding hydrogens is 387 g/mol. The van der Waals surface area contributed by atoms with Crippen LogP contribution in [0.15, 0.2) is 52.7 Å². The van der Waals surface area contributed by atoms with Crippen LogP contribution in [-0.2, 0) is 16.4 Å². The first-order chi connectivity index (χ1) is 12.9. The van der Waals surface area contributed by atoms with Crippen molar-refractivity contribution in [3.63, 3.8) is 0 Å². The number of rotatable bonds is 7. The second-order valence-electron chi connectivity index (χ2n) is 5.93. The number of aryl methyl sites for hydroxylation is 1. The predicted octanol–water partition coefficient (Wildman–Crippen LogP) is 3.79. The van der Waals surface area contributed by atoms with E-state index in [1.165, 1.54) is 29.5 Å². The number of sulfonamides is 1. The number of thiazole rings is 1. The van der Waals surface area contributed by atoms with Gasteiger partial charge in [-0.05, 0) is 55.0 Å². The average Bonchev–Trinajstić information content (AvgIpc) is 3.11. The number of methoxy groups -OCH3 is 1. The molecule has 1 N–H and O–H groups in total. The zero-order chi connectivity index (χ0) is 19.4. The Kier molecular flexibility index (Phi) is 5.88. The van der Waals surface area contributed by atoms with Crippen molar-refractivity contribution in [2.75, 3.05) is 13.7 Å². The Morgan fingerprint density at radius 3 is 2.59 bits per heavy atom. The molecule has 3 aromatic rings. The number of nitrogens with zero attached hydrogens (tertiary/aromatic N) is 1. The molecule has 1 heterocycles. The number of aromatic nitrogens is 1. The van der Waals surface area contributed by atoms with Crippen LogP contribution in [-0.4, -0.2) is 27.1 Å². The van der Waals surface area contributed by atoms with E-state index in [4.69, 9.17) is 4.74 Å². The second-order valence-corrected chi connectivity index (χ2v) is 8.56. The van der Waals surface area contributed by atoms with Gasteiger partial charge < -0.3 is 4.74 Å². The molecule has 5 nitrogen and oxygen atoms in total. The summed E-state index contributed by atoms with van der Waals surface area (Å²) in [4.78, 5) is 4.68. The third-order valence-electron chi connectivity index (χ3n) is 3.99. The summed E-state index contributed by atoms with van der Waals surface area (Å²) in [5.41, 5.74) is 2.37. The largest absolute Gasteiger partial charge is 0.496 e. The van der Waals surface area contributed by atoms with E-state index < -0.39 is 10.0 Å². The SMILES string of the molecule is COc1ccc(S(=O)(=O)NCCc2csc(-c3ccc(F)cc3)n2)cc1C. The van der Waals surface area contributed by atoms with Gasteiger partial charge in [-0.1, -0.05) is 0 Å². The molecule has 142 valence electrons. The highest BCUT2D eigenvalue weighted by molar-refractivity contribution is 7.89. The Morgan fingerprint density at radius 2 is 1.93 bits per heavy atom. The molecule has 0 radical (unpaired) electrons. The first kappa shape index (κ1) is 19.5. The summed E-state index contributed by atoms with van der Waals surface area (Å²) in [7, 11) is -2.06. The summed E-state index contributed by atoms with van der Waals surface area (Å²) in [6.45, 7) is 2.03. The number of benzene rings is 2. The smallest absolute Gasteiger partial charge is 0.240 e. The predicted molar refractivity (Wildman–Crippen MR) is 104 cm³/mol. The van der Waals surface area contributed by atoms with Crippen LogP contribution in [0.2, 0.25) is 0 Å². The van der Waals surface area contributed by atoms with Crippen LogP contribution < -0.4 is 9.46 Å². The maximum Gasteiger partial charge on any atom is 0.240 e. The Hall–Kier alpha value is -2.29. The molecule has 0 bridgehead atoms. The fourth-order valence-corrected chi connectivity index (χ4v) is 4.54. The maximum atomic E-state index is 13.0. The van der Waals surface area contributed by atoms with Crippen LogP contribution in [0.25, 0.3) is 10.6 Å². The fourth-order valence-electron chi connectivity index (χ4n) is 2.56. The number of ether oxygens (including phenoxy) is 1. The van der Waals surface area contributed by atoms with Crippen molar-refractivity contribution in [1.29, 1.82) is 0 Å². The lowest BCUT2D eigenvalue weighted by Crippen LogP contribution is -2.26. The zero-order valence-electron chi connectivity index (χ0n) is 14.9. The second kappa shape index (κ2) is 8.16. The maximum absolute atomic E-state index is 13.0. The number of halogens is 1.